The monoisotopic (exact) mass is 476 g/mol. The van der Waals surface area contributed by atoms with Crippen molar-refractivity contribution in [2.45, 2.75) is 32.3 Å². The van der Waals surface area contributed by atoms with Crippen LogP contribution in [0.5, 0.6) is 0 Å². The second kappa shape index (κ2) is 7.98. The topological polar surface area (TPSA) is 117 Å². The van der Waals surface area contributed by atoms with Crippen LogP contribution in [-0.2, 0) is 34.0 Å². The van der Waals surface area contributed by atoms with Crippen LogP contribution in [0.25, 0.3) is 0 Å². The molecule has 2 aliphatic rings. The normalized spacial score (nSPS) is 20.1. The van der Waals surface area contributed by atoms with Crippen LogP contribution in [0.1, 0.15) is 26.3 Å². The number of rotatable bonds is 5. The van der Waals surface area contributed by atoms with Crippen molar-refractivity contribution in [1.29, 1.82) is 0 Å². The first-order chi connectivity index (χ1) is 14.1. The minimum Gasteiger partial charge on any atom is -0.459 e. The Morgan fingerprint density at radius 2 is 2.03 bits per heavy atom. The number of hydrogen-bond acceptors (Lipinski definition) is 7. The van der Waals surface area contributed by atoms with Crippen molar-refractivity contribution >= 4 is 39.5 Å². The van der Waals surface area contributed by atoms with Crippen molar-refractivity contribution < 1.29 is 28.6 Å². The van der Waals surface area contributed by atoms with E-state index in [9.17, 15) is 14.4 Å². The Balaban J connectivity index is 2.35. The van der Waals surface area contributed by atoms with Gasteiger partial charge in [0.05, 0.1) is 6.10 Å². The molecule has 1 atom stereocenters. The maximum atomic E-state index is 13.5. The number of halogens is 1. The van der Waals surface area contributed by atoms with Crippen molar-refractivity contribution in [2.75, 3.05) is 11.9 Å². The lowest BCUT2D eigenvalue weighted by molar-refractivity contribution is -0.145. The van der Waals surface area contributed by atoms with Gasteiger partial charge in [-0.2, -0.15) is 0 Å². The minimum atomic E-state index is -1.89. The highest BCUT2D eigenvalue weighted by Gasteiger charge is 2.62. The fourth-order valence-corrected chi connectivity index (χ4v) is 4.00. The van der Waals surface area contributed by atoms with Crippen LogP contribution in [0.4, 0.5) is 5.69 Å². The van der Waals surface area contributed by atoms with E-state index in [0.29, 0.717) is 15.7 Å². The van der Waals surface area contributed by atoms with Gasteiger partial charge in [0.2, 0.25) is 11.8 Å². The third kappa shape index (κ3) is 3.28. The van der Waals surface area contributed by atoms with Crippen molar-refractivity contribution in [2.24, 2.45) is 5.73 Å². The molecule has 0 fully saturated rings. The second-order valence-electron chi connectivity index (χ2n) is 7.01. The minimum absolute atomic E-state index is 0.0568. The Morgan fingerprint density at radius 3 is 2.67 bits per heavy atom. The zero-order chi connectivity index (χ0) is 22.2. The molecule has 0 aromatic heterocycles. The standard InChI is InChI=1S/C21H21BrN2O6/c1-5-8-28-18(25)16-17(23)30-11(4)15(19(26)29-10(2)3)21(16)13-9-12(22)6-7-14(13)24-20(21)27/h5-7,9-10H,1,8,23H2,2-4H3,(H,24,27). The van der Waals surface area contributed by atoms with Crippen molar-refractivity contribution in [1.82, 2.24) is 0 Å². The lowest BCUT2D eigenvalue weighted by Gasteiger charge is -2.35. The maximum absolute atomic E-state index is 13.5. The third-order valence-corrected chi connectivity index (χ3v) is 5.16. The molecule has 3 N–H and O–H groups in total. The summed E-state index contributed by atoms with van der Waals surface area (Å²) >= 11 is 3.38. The summed E-state index contributed by atoms with van der Waals surface area (Å²) in [4.78, 5) is 39.6. The van der Waals surface area contributed by atoms with Crippen LogP contribution >= 0.6 is 15.9 Å². The summed E-state index contributed by atoms with van der Waals surface area (Å²) < 4.78 is 16.7. The maximum Gasteiger partial charge on any atom is 0.341 e. The zero-order valence-electron chi connectivity index (χ0n) is 16.7. The Labute approximate surface area is 181 Å². The van der Waals surface area contributed by atoms with Gasteiger partial charge < -0.3 is 25.3 Å². The molecule has 0 saturated carbocycles. The highest BCUT2D eigenvalue weighted by atomic mass is 79.9. The van der Waals surface area contributed by atoms with E-state index in [1.165, 1.54) is 13.0 Å². The predicted molar refractivity (Wildman–Crippen MR) is 112 cm³/mol. The smallest absolute Gasteiger partial charge is 0.341 e. The Kier molecular flexibility index (Phi) is 5.76. The Morgan fingerprint density at radius 1 is 1.33 bits per heavy atom. The molecule has 0 bridgehead atoms. The van der Waals surface area contributed by atoms with Gasteiger partial charge in [0.25, 0.3) is 0 Å². The zero-order valence-corrected chi connectivity index (χ0v) is 18.3. The summed E-state index contributed by atoms with van der Waals surface area (Å²) in [5, 5.41) is 2.73. The molecule has 0 radical (unpaired) electrons. The van der Waals surface area contributed by atoms with Crippen LogP contribution in [0.15, 0.2) is 58.1 Å². The van der Waals surface area contributed by atoms with Gasteiger partial charge in [0.1, 0.15) is 28.9 Å². The Bertz CT molecular complexity index is 1030. The SMILES string of the molecule is C=CCOC(=O)C1=C(N)OC(C)=C(C(=O)OC(C)C)C12C(=O)Nc1ccc(Br)cc12. The molecule has 1 amide bonds. The average Bonchev–Trinajstić information content (AvgIpc) is 2.91. The molecular formula is C21H21BrN2O6. The fourth-order valence-electron chi connectivity index (χ4n) is 3.64. The fraction of sp³-hybridized carbons (Fsp3) is 0.286. The molecule has 8 nitrogen and oxygen atoms in total. The van der Waals surface area contributed by atoms with E-state index in [1.54, 1.807) is 32.0 Å². The van der Waals surface area contributed by atoms with Crippen molar-refractivity contribution in [3.8, 4) is 0 Å². The van der Waals surface area contributed by atoms with E-state index in [0.717, 1.165) is 0 Å². The van der Waals surface area contributed by atoms with E-state index in [-0.39, 0.29) is 29.4 Å². The quantitative estimate of drug-likeness (QED) is 0.495. The molecular weight excluding hydrogens is 456 g/mol. The van der Waals surface area contributed by atoms with Gasteiger partial charge in [-0.15, -0.1) is 0 Å². The van der Waals surface area contributed by atoms with Crippen molar-refractivity contribution in [3.63, 3.8) is 0 Å². The van der Waals surface area contributed by atoms with Gasteiger partial charge >= 0.3 is 11.9 Å². The number of fused-ring (bicyclic) bond motifs is 2. The van der Waals surface area contributed by atoms with Gasteiger partial charge in [-0.25, -0.2) is 9.59 Å². The number of nitrogens with one attached hydrogen (secondary N) is 1. The van der Waals surface area contributed by atoms with E-state index >= 15 is 0 Å². The lowest BCUT2D eigenvalue weighted by Crippen LogP contribution is -2.48. The molecule has 2 aliphatic heterocycles. The summed E-state index contributed by atoms with van der Waals surface area (Å²) in [5.41, 5.74) is 4.53. The van der Waals surface area contributed by atoms with E-state index in [4.69, 9.17) is 19.9 Å². The number of anilines is 1. The van der Waals surface area contributed by atoms with Gasteiger partial charge in [0, 0.05) is 15.7 Å². The van der Waals surface area contributed by atoms with Crippen LogP contribution in [0.2, 0.25) is 0 Å². The van der Waals surface area contributed by atoms with Crippen LogP contribution in [0, 0.1) is 0 Å². The van der Waals surface area contributed by atoms with E-state index in [1.807, 2.05) is 0 Å². The summed E-state index contributed by atoms with van der Waals surface area (Å²) in [6, 6.07) is 5.02. The lowest BCUT2D eigenvalue weighted by atomic mass is 9.67. The molecule has 2 heterocycles. The number of ether oxygens (including phenoxy) is 3. The number of hydrogen-bond donors (Lipinski definition) is 2. The number of amides is 1. The summed E-state index contributed by atoms with van der Waals surface area (Å²) in [7, 11) is 0. The van der Waals surface area contributed by atoms with E-state index < -0.39 is 29.4 Å². The molecule has 0 aliphatic carbocycles. The first-order valence-corrected chi connectivity index (χ1v) is 9.93. The number of carbonyl (C=O) groups is 3. The highest BCUT2D eigenvalue weighted by molar-refractivity contribution is 9.10. The van der Waals surface area contributed by atoms with Crippen LogP contribution in [-0.4, -0.2) is 30.6 Å². The van der Waals surface area contributed by atoms with Crippen LogP contribution in [0.3, 0.4) is 0 Å². The molecule has 1 aromatic rings. The molecule has 1 unspecified atom stereocenters. The molecule has 1 spiro atoms. The van der Waals surface area contributed by atoms with E-state index in [2.05, 4.69) is 27.8 Å². The summed E-state index contributed by atoms with van der Waals surface area (Å²) in [6.45, 7) is 8.23. The number of benzene rings is 1. The predicted octanol–water partition coefficient (Wildman–Crippen LogP) is 2.79. The Hall–Kier alpha value is -3.07. The first-order valence-electron chi connectivity index (χ1n) is 9.14. The van der Waals surface area contributed by atoms with Gasteiger partial charge in [0.15, 0.2) is 0 Å². The number of nitrogens with two attached hydrogens (primary N) is 1. The molecule has 1 aromatic carbocycles. The second-order valence-corrected chi connectivity index (χ2v) is 7.92. The highest BCUT2D eigenvalue weighted by Crippen LogP contribution is 2.53. The van der Waals surface area contributed by atoms with Crippen molar-refractivity contribution in [3.05, 3.63) is 63.7 Å². The first kappa shape index (κ1) is 21.6. The van der Waals surface area contributed by atoms with Gasteiger partial charge in [-0.05, 0) is 39.0 Å². The van der Waals surface area contributed by atoms with Gasteiger partial charge in [-0.3, -0.25) is 4.79 Å². The number of allylic oxidation sites excluding steroid dienone is 1. The number of esters is 2. The molecule has 158 valence electrons. The largest absolute Gasteiger partial charge is 0.459 e. The van der Waals surface area contributed by atoms with Gasteiger partial charge in [-0.1, -0.05) is 28.6 Å². The molecule has 30 heavy (non-hydrogen) atoms. The summed E-state index contributed by atoms with van der Waals surface area (Å²) in [5.74, 6) is -2.61. The molecule has 9 heteroatoms. The van der Waals surface area contributed by atoms with Crippen LogP contribution < -0.4 is 11.1 Å². The molecule has 3 rings (SSSR count). The molecule has 0 saturated heterocycles. The third-order valence-electron chi connectivity index (χ3n) is 4.67. The number of carbonyl (C=O) groups excluding carboxylic acids is 3. The summed E-state index contributed by atoms with van der Waals surface area (Å²) in [6.07, 6.45) is 0.903. The average molecular weight is 477 g/mol.